The van der Waals surface area contributed by atoms with E-state index in [0.29, 0.717) is 6.61 Å². The van der Waals surface area contributed by atoms with E-state index in [0.717, 1.165) is 37.5 Å². The molecule has 0 heterocycles. The summed E-state index contributed by atoms with van der Waals surface area (Å²) < 4.78 is 5.46. The average Bonchev–Trinajstić information content (AvgIpc) is 2.52. The smallest absolute Gasteiger partial charge is 0.119 e. The van der Waals surface area contributed by atoms with E-state index in [-0.39, 0.29) is 6.61 Å². The Hall–Kier alpha value is -1.10. The summed E-state index contributed by atoms with van der Waals surface area (Å²) in [6.45, 7) is 13.0. The lowest BCUT2D eigenvalue weighted by molar-refractivity contribution is 0.168. The zero-order valence-corrected chi connectivity index (χ0v) is 13.9. The highest BCUT2D eigenvalue weighted by atomic mass is 16.5. The third kappa shape index (κ3) is 5.30. The van der Waals surface area contributed by atoms with Crippen molar-refractivity contribution < 1.29 is 9.84 Å². The lowest BCUT2D eigenvalue weighted by Gasteiger charge is -2.31. The highest BCUT2D eigenvalue weighted by Crippen LogP contribution is 2.22. The normalized spacial score (nSPS) is 14.2. The van der Waals surface area contributed by atoms with Crippen LogP contribution in [0, 0.1) is 0 Å². The lowest BCUT2D eigenvalue weighted by atomic mass is 9.93. The summed E-state index contributed by atoms with van der Waals surface area (Å²) in [5.74, 6) is 0.865. The van der Waals surface area contributed by atoms with Gasteiger partial charge in [-0.15, -0.1) is 0 Å². The number of aliphatic hydroxyl groups excluding tert-OH is 1. The third-order valence-corrected chi connectivity index (χ3v) is 3.96. The summed E-state index contributed by atoms with van der Waals surface area (Å²) in [6.07, 6.45) is 0. The van der Waals surface area contributed by atoms with Gasteiger partial charge >= 0.3 is 0 Å². The van der Waals surface area contributed by atoms with Crippen molar-refractivity contribution in [2.24, 2.45) is 0 Å². The number of nitrogens with zero attached hydrogens (tertiary/aromatic N) is 1. The molecular formula is C17H30N2O2. The fourth-order valence-corrected chi connectivity index (χ4v) is 2.36. The van der Waals surface area contributed by atoms with Crippen molar-refractivity contribution in [3.8, 4) is 5.75 Å². The van der Waals surface area contributed by atoms with Crippen LogP contribution in [0.3, 0.4) is 0 Å². The number of rotatable bonds is 10. The number of hydrogen-bond donors (Lipinski definition) is 2. The van der Waals surface area contributed by atoms with Crippen molar-refractivity contribution >= 4 is 0 Å². The van der Waals surface area contributed by atoms with Crippen LogP contribution in [-0.4, -0.2) is 49.4 Å². The molecule has 1 rings (SSSR count). The summed E-state index contributed by atoms with van der Waals surface area (Å²) in [4.78, 5) is 2.36. The van der Waals surface area contributed by atoms with Crippen molar-refractivity contribution in [3.63, 3.8) is 0 Å². The van der Waals surface area contributed by atoms with Crippen LogP contribution < -0.4 is 10.1 Å². The molecule has 0 aliphatic carbocycles. The highest BCUT2D eigenvalue weighted by Gasteiger charge is 2.25. The van der Waals surface area contributed by atoms with Crippen LogP contribution in [0.2, 0.25) is 0 Å². The van der Waals surface area contributed by atoms with Crippen molar-refractivity contribution in [1.82, 2.24) is 10.2 Å². The summed E-state index contributed by atoms with van der Waals surface area (Å²) in [5.41, 5.74) is 0.658. The number of ether oxygens (including phenoxy) is 1. The van der Waals surface area contributed by atoms with Crippen LogP contribution in [0.25, 0.3) is 0 Å². The fourth-order valence-electron chi connectivity index (χ4n) is 2.36. The molecule has 0 aromatic heterocycles. The second kappa shape index (κ2) is 9.03. The van der Waals surface area contributed by atoms with Gasteiger partial charge in [0.1, 0.15) is 5.75 Å². The topological polar surface area (TPSA) is 44.7 Å². The van der Waals surface area contributed by atoms with E-state index in [4.69, 9.17) is 4.74 Å². The van der Waals surface area contributed by atoms with Crippen LogP contribution in [-0.2, 0) is 5.54 Å². The number of benzene rings is 1. The molecule has 0 amide bonds. The van der Waals surface area contributed by atoms with Gasteiger partial charge in [-0.1, -0.05) is 26.0 Å². The first-order chi connectivity index (χ1) is 10.1. The van der Waals surface area contributed by atoms with E-state index in [2.05, 4.69) is 24.1 Å². The average molecular weight is 294 g/mol. The second-order valence-electron chi connectivity index (χ2n) is 5.40. The van der Waals surface area contributed by atoms with Gasteiger partial charge in [0.15, 0.2) is 0 Å². The SMILES string of the molecule is CCOc1ccc(C(C)(CO)NCCN(CC)CC)cc1. The molecule has 1 aromatic rings. The van der Waals surface area contributed by atoms with Crippen LogP contribution in [0.4, 0.5) is 0 Å². The standard InChI is InChI=1S/C17H30N2O2/c1-5-19(6-2)13-12-18-17(4,14-20)15-8-10-16(11-9-15)21-7-3/h8-11,18,20H,5-7,12-14H2,1-4H3. The molecule has 1 aromatic carbocycles. The van der Waals surface area contributed by atoms with Crippen molar-refractivity contribution in [2.75, 3.05) is 39.4 Å². The second-order valence-corrected chi connectivity index (χ2v) is 5.40. The molecule has 0 saturated heterocycles. The maximum Gasteiger partial charge on any atom is 0.119 e. The molecule has 0 spiro atoms. The first-order valence-corrected chi connectivity index (χ1v) is 7.91. The molecule has 4 heteroatoms. The van der Waals surface area contributed by atoms with Crippen molar-refractivity contribution in [1.29, 1.82) is 0 Å². The molecule has 0 saturated carbocycles. The third-order valence-electron chi connectivity index (χ3n) is 3.96. The van der Waals surface area contributed by atoms with Crippen LogP contribution in [0.5, 0.6) is 5.75 Å². The van der Waals surface area contributed by atoms with Gasteiger partial charge < -0.3 is 20.1 Å². The number of likely N-dealkylation sites (N-methyl/N-ethyl adjacent to an activating group) is 1. The van der Waals surface area contributed by atoms with E-state index in [1.165, 1.54) is 0 Å². The summed E-state index contributed by atoms with van der Waals surface area (Å²) in [7, 11) is 0. The van der Waals surface area contributed by atoms with Gasteiger partial charge in [-0.2, -0.15) is 0 Å². The van der Waals surface area contributed by atoms with Gasteiger partial charge in [0.2, 0.25) is 0 Å². The summed E-state index contributed by atoms with van der Waals surface area (Å²) in [6, 6.07) is 7.95. The van der Waals surface area contributed by atoms with E-state index in [1.54, 1.807) is 0 Å². The molecule has 1 unspecified atom stereocenters. The molecule has 0 fully saturated rings. The molecule has 120 valence electrons. The predicted molar refractivity (Wildman–Crippen MR) is 87.8 cm³/mol. The largest absolute Gasteiger partial charge is 0.494 e. The van der Waals surface area contributed by atoms with Gasteiger partial charge in [0.05, 0.1) is 18.8 Å². The molecule has 21 heavy (non-hydrogen) atoms. The zero-order chi connectivity index (χ0) is 15.7. The van der Waals surface area contributed by atoms with E-state index in [1.807, 2.05) is 38.1 Å². The Morgan fingerprint density at radius 3 is 2.24 bits per heavy atom. The summed E-state index contributed by atoms with van der Waals surface area (Å²) >= 11 is 0. The van der Waals surface area contributed by atoms with Gasteiger partial charge in [0.25, 0.3) is 0 Å². The Labute approximate surface area is 129 Å². The van der Waals surface area contributed by atoms with E-state index < -0.39 is 5.54 Å². The van der Waals surface area contributed by atoms with E-state index >= 15 is 0 Å². The molecule has 2 N–H and O–H groups in total. The van der Waals surface area contributed by atoms with Gasteiger partial charge in [0, 0.05) is 13.1 Å². The van der Waals surface area contributed by atoms with Crippen LogP contribution in [0.15, 0.2) is 24.3 Å². The minimum Gasteiger partial charge on any atom is -0.494 e. The molecule has 0 aliphatic rings. The first kappa shape index (κ1) is 18.0. The number of aliphatic hydroxyl groups is 1. The molecule has 1 atom stereocenters. The van der Waals surface area contributed by atoms with Gasteiger partial charge in [-0.25, -0.2) is 0 Å². The summed E-state index contributed by atoms with van der Waals surface area (Å²) in [5, 5.41) is 13.3. The van der Waals surface area contributed by atoms with Crippen LogP contribution >= 0.6 is 0 Å². The lowest BCUT2D eigenvalue weighted by Crippen LogP contribution is -2.46. The Bertz CT molecular complexity index is 390. The maximum atomic E-state index is 9.78. The Morgan fingerprint density at radius 2 is 1.76 bits per heavy atom. The maximum absolute atomic E-state index is 9.78. The number of nitrogens with one attached hydrogen (secondary N) is 1. The van der Waals surface area contributed by atoms with Gasteiger partial charge in [-0.3, -0.25) is 0 Å². The minimum atomic E-state index is -0.419. The Balaban J connectivity index is 2.65. The zero-order valence-electron chi connectivity index (χ0n) is 13.9. The van der Waals surface area contributed by atoms with E-state index in [9.17, 15) is 5.11 Å². The molecular weight excluding hydrogens is 264 g/mol. The molecule has 0 radical (unpaired) electrons. The van der Waals surface area contributed by atoms with Crippen LogP contribution in [0.1, 0.15) is 33.3 Å². The van der Waals surface area contributed by atoms with Crippen molar-refractivity contribution in [3.05, 3.63) is 29.8 Å². The first-order valence-electron chi connectivity index (χ1n) is 7.91. The fraction of sp³-hybridized carbons (Fsp3) is 0.647. The molecule has 0 bridgehead atoms. The quantitative estimate of drug-likeness (QED) is 0.694. The number of hydrogen-bond acceptors (Lipinski definition) is 4. The van der Waals surface area contributed by atoms with Crippen molar-refractivity contribution in [2.45, 2.75) is 33.2 Å². The van der Waals surface area contributed by atoms with Gasteiger partial charge in [-0.05, 0) is 44.6 Å². The molecule has 4 nitrogen and oxygen atoms in total. The highest BCUT2D eigenvalue weighted by molar-refractivity contribution is 5.31. The predicted octanol–water partition coefficient (Wildman–Crippen LogP) is 2.22. The minimum absolute atomic E-state index is 0.0687. The monoisotopic (exact) mass is 294 g/mol. The molecule has 0 aliphatic heterocycles. The Kier molecular flexibility index (Phi) is 7.72. The Morgan fingerprint density at radius 1 is 1.14 bits per heavy atom.